The third-order valence-electron chi connectivity index (χ3n) is 5.79. The molecule has 3 atom stereocenters. The molecule has 0 aromatic heterocycles. The second kappa shape index (κ2) is 9.68. The number of ether oxygens (including phenoxy) is 2. The third-order valence-corrected chi connectivity index (χ3v) is 6.12. The van der Waals surface area contributed by atoms with E-state index < -0.39 is 24.2 Å². The number of likely N-dealkylation sites (N-methyl/N-ethyl adjacent to an activating group) is 1. The predicted octanol–water partition coefficient (Wildman–Crippen LogP) is 3.84. The molecule has 2 aromatic carbocycles. The number of carboxylic acids is 1. The highest BCUT2D eigenvalue weighted by Crippen LogP contribution is 2.32. The van der Waals surface area contributed by atoms with Gasteiger partial charge < -0.3 is 30.1 Å². The predicted molar refractivity (Wildman–Crippen MR) is 122 cm³/mol. The SMILES string of the molecule is CN1C(=O)c2cc(NC(=O)Nc3ccccc3Cl)ccc2OC[C@@H]2O[C@H](CC(=O)O)CC[C@H]21. The van der Waals surface area contributed by atoms with Crippen LogP contribution in [0, 0.1) is 0 Å². The van der Waals surface area contributed by atoms with Gasteiger partial charge >= 0.3 is 12.0 Å². The number of aliphatic carboxylic acids is 1. The van der Waals surface area contributed by atoms with E-state index in [0.717, 1.165) is 0 Å². The van der Waals surface area contributed by atoms with Crippen molar-refractivity contribution in [2.75, 3.05) is 24.3 Å². The first-order chi connectivity index (χ1) is 15.8. The average molecular weight is 474 g/mol. The van der Waals surface area contributed by atoms with Crippen molar-refractivity contribution in [2.45, 2.75) is 37.5 Å². The van der Waals surface area contributed by atoms with Crippen LogP contribution in [0.5, 0.6) is 5.75 Å². The number of nitrogens with zero attached hydrogens (tertiary/aromatic N) is 1. The van der Waals surface area contributed by atoms with Crippen LogP contribution in [0.3, 0.4) is 0 Å². The molecule has 10 heteroatoms. The maximum Gasteiger partial charge on any atom is 0.323 e. The zero-order chi connectivity index (χ0) is 23.5. The Kier molecular flexibility index (Phi) is 6.71. The minimum atomic E-state index is -0.918. The minimum Gasteiger partial charge on any atom is -0.490 e. The Hall–Kier alpha value is -3.30. The number of amides is 3. The first-order valence-corrected chi connectivity index (χ1v) is 10.9. The fourth-order valence-electron chi connectivity index (χ4n) is 4.15. The number of carboxylic acid groups (broad SMARTS) is 1. The molecule has 4 rings (SSSR count). The second-order valence-electron chi connectivity index (χ2n) is 8.04. The molecule has 2 aliphatic rings. The molecule has 33 heavy (non-hydrogen) atoms. The average Bonchev–Trinajstić information content (AvgIpc) is 2.78. The quantitative estimate of drug-likeness (QED) is 0.621. The molecule has 2 aliphatic heterocycles. The van der Waals surface area contributed by atoms with Gasteiger partial charge in [-0.1, -0.05) is 23.7 Å². The van der Waals surface area contributed by atoms with Crippen LogP contribution < -0.4 is 15.4 Å². The van der Waals surface area contributed by atoms with E-state index >= 15 is 0 Å². The normalized spacial score (nSPS) is 22.2. The molecule has 9 nitrogen and oxygen atoms in total. The summed E-state index contributed by atoms with van der Waals surface area (Å²) >= 11 is 6.08. The van der Waals surface area contributed by atoms with Crippen molar-refractivity contribution in [3.63, 3.8) is 0 Å². The van der Waals surface area contributed by atoms with Gasteiger partial charge in [0.1, 0.15) is 18.5 Å². The Morgan fingerprint density at radius 3 is 2.73 bits per heavy atom. The van der Waals surface area contributed by atoms with E-state index in [4.69, 9.17) is 26.2 Å². The van der Waals surface area contributed by atoms with Crippen LogP contribution in [0.15, 0.2) is 42.5 Å². The van der Waals surface area contributed by atoms with E-state index in [1.807, 2.05) is 0 Å². The van der Waals surface area contributed by atoms with Crippen LogP contribution in [0.4, 0.5) is 16.2 Å². The summed E-state index contributed by atoms with van der Waals surface area (Å²) in [6.45, 7) is 0.186. The van der Waals surface area contributed by atoms with Crippen molar-refractivity contribution < 1.29 is 29.0 Å². The molecule has 0 radical (unpaired) electrons. The van der Waals surface area contributed by atoms with Gasteiger partial charge in [0.2, 0.25) is 0 Å². The van der Waals surface area contributed by atoms with Crippen molar-refractivity contribution in [3.8, 4) is 5.75 Å². The van der Waals surface area contributed by atoms with Gasteiger partial charge in [-0.25, -0.2) is 4.79 Å². The van der Waals surface area contributed by atoms with E-state index in [0.29, 0.717) is 40.6 Å². The lowest BCUT2D eigenvalue weighted by atomic mass is 9.94. The van der Waals surface area contributed by atoms with Crippen LogP contribution in [-0.4, -0.2) is 59.8 Å². The van der Waals surface area contributed by atoms with Crippen molar-refractivity contribution in [1.82, 2.24) is 4.90 Å². The first kappa shape index (κ1) is 22.9. The number of fused-ring (bicyclic) bond motifs is 2. The maximum atomic E-state index is 13.2. The smallest absolute Gasteiger partial charge is 0.323 e. The molecular weight excluding hydrogens is 450 g/mol. The fourth-order valence-corrected chi connectivity index (χ4v) is 4.33. The lowest BCUT2D eigenvalue weighted by molar-refractivity contribution is -0.148. The van der Waals surface area contributed by atoms with Gasteiger partial charge in [0.25, 0.3) is 5.91 Å². The molecule has 3 amide bonds. The van der Waals surface area contributed by atoms with Crippen molar-refractivity contribution >= 4 is 40.9 Å². The molecule has 1 fully saturated rings. The molecule has 2 heterocycles. The van der Waals surface area contributed by atoms with Crippen LogP contribution in [0.25, 0.3) is 0 Å². The highest BCUT2D eigenvalue weighted by Gasteiger charge is 2.39. The maximum absolute atomic E-state index is 13.2. The van der Waals surface area contributed by atoms with E-state index in [9.17, 15) is 14.4 Å². The van der Waals surface area contributed by atoms with Gasteiger partial charge in [0.15, 0.2) is 0 Å². The summed E-state index contributed by atoms with van der Waals surface area (Å²) in [7, 11) is 1.69. The second-order valence-corrected chi connectivity index (χ2v) is 8.44. The number of hydrogen-bond donors (Lipinski definition) is 3. The van der Waals surface area contributed by atoms with Crippen LogP contribution in [0.2, 0.25) is 5.02 Å². The van der Waals surface area contributed by atoms with Gasteiger partial charge in [0, 0.05) is 12.7 Å². The van der Waals surface area contributed by atoms with Crippen molar-refractivity contribution in [1.29, 1.82) is 0 Å². The van der Waals surface area contributed by atoms with E-state index in [1.165, 1.54) is 0 Å². The lowest BCUT2D eigenvalue weighted by Gasteiger charge is -2.42. The van der Waals surface area contributed by atoms with Gasteiger partial charge in [-0.05, 0) is 43.2 Å². The zero-order valence-electron chi connectivity index (χ0n) is 17.9. The van der Waals surface area contributed by atoms with Gasteiger partial charge in [0.05, 0.1) is 34.8 Å². The highest BCUT2D eigenvalue weighted by molar-refractivity contribution is 6.33. The molecule has 1 saturated heterocycles. The number of nitrogens with one attached hydrogen (secondary N) is 2. The Labute approximate surface area is 195 Å². The first-order valence-electron chi connectivity index (χ1n) is 10.6. The summed E-state index contributed by atoms with van der Waals surface area (Å²) in [4.78, 5) is 38.3. The number of hydrogen-bond acceptors (Lipinski definition) is 5. The Bertz CT molecular complexity index is 1080. The monoisotopic (exact) mass is 473 g/mol. The molecule has 0 spiro atoms. The molecule has 174 valence electrons. The van der Waals surface area contributed by atoms with Gasteiger partial charge in [-0.2, -0.15) is 0 Å². The molecule has 0 aliphatic carbocycles. The summed E-state index contributed by atoms with van der Waals surface area (Å²) in [6.07, 6.45) is 0.244. The molecule has 0 unspecified atom stereocenters. The molecular formula is C23H24ClN3O6. The highest BCUT2D eigenvalue weighted by atomic mass is 35.5. The number of para-hydroxylation sites is 1. The largest absolute Gasteiger partial charge is 0.490 e. The van der Waals surface area contributed by atoms with Crippen LogP contribution >= 0.6 is 11.6 Å². The molecule has 3 N–H and O–H groups in total. The van der Waals surface area contributed by atoms with Crippen molar-refractivity contribution in [3.05, 3.63) is 53.1 Å². The van der Waals surface area contributed by atoms with Crippen LogP contribution in [-0.2, 0) is 9.53 Å². The number of rotatable bonds is 4. The number of urea groups is 1. The van der Waals surface area contributed by atoms with E-state index in [-0.39, 0.29) is 25.0 Å². The fraction of sp³-hybridized carbons (Fsp3) is 0.348. The lowest BCUT2D eigenvalue weighted by Crippen LogP contribution is -2.53. The standard InChI is InChI=1S/C23H24ClN3O6/c1-27-18-8-7-14(11-21(28)29)33-20(18)12-32-19-9-6-13(10-15(19)22(27)30)25-23(31)26-17-5-3-2-4-16(17)24/h2-6,9-10,14,18,20H,7-8,11-12H2,1H3,(H,28,29)(H2,25,26,31)/t14-,18+,20-/m0/s1. The topological polar surface area (TPSA) is 117 Å². The summed E-state index contributed by atoms with van der Waals surface area (Å²) in [5.74, 6) is -0.819. The number of halogens is 1. The van der Waals surface area contributed by atoms with Gasteiger partial charge in [-0.15, -0.1) is 0 Å². The minimum absolute atomic E-state index is 0.0806. The molecule has 2 aromatic rings. The van der Waals surface area contributed by atoms with Crippen molar-refractivity contribution in [2.24, 2.45) is 0 Å². The number of anilines is 2. The third kappa shape index (κ3) is 5.20. The summed E-state index contributed by atoms with van der Waals surface area (Å²) in [6, 6.07) is 10.9. The summed E-state index contributed by atoms with van der Waals surface area (Å²) in [5, 5.41) is 14.8. The molecule has 0 bridgehead atoms. The summed E-state index contributed by atoms with van der Waals surface area (Å²) in [5.41, 5.74) is 1.20. The number of carbonyl (C=O) groups excluding carboxylic acids is 2. The summed E-state index contributed by atoms with van der Waals surface area (Å²) < 4.78 is 11.8. The number of carbonyl (C=O) groups is 3. The Balaban J connectivity index is 1.49. The zero-order valence-corrected chi connectivity index (χ0v) is 18.7. The molecule has 0 saturated carbocycles. The van der Waals surface area contributed by atoms with E-state index in [1.54, 1.807) is 54.4 Å². The Morgan fingerprint density at radius 2 is 1.97 bits per heavy atom. The number of benzene rings is 2. The Morgan fingerprint density at radius 1 is 1.18 bits per heavy atom. The van der Waals surface area contributed by atoms with Crippen LogP contribution in [0.1, 0.15) is 29.6 Å². The van der Waals surface area contributed by atoms with E-state index in [2.05, 4.69) is 10.6 Å². The van der Waals surface area contributed by atoms with Gasteiger partial charge in [-0.3, -0.25) is 9.59 Å².